The van der Waals surface area contributed by atoms with E-state index in [0.717, 1.165) is 83.5 Å². The molecule has 6 nitrogen and oxygen atoms in total. The molecular weight excluding hydrogens is 853 g/mol. The zero-order valence-electron chi connectivity index (χ0n) is 46.1. The maximum Gasteiger partial charge on any atom is 0.306 e. The van der Waals surface area contributed by atoms with E-state index in [4.69, 9.17) is 14.2 Å². The van der Waals surface area contributed by atoms with Crippen LogP contribution in [0.2, 0.25) is 0 Å². The molecule has 0 N–H and O–H groups in total. The van der Waals surface area contributed by atoms with E-state index in [1.807, 2.05) is 0 Å². The average molecular weight is 968 g/mol. The maximum absolute atomic E-state index is 12.8. The number of ether oxygens (including phenoxy) is 3. The Kier molecular flexibility index (Phi) is 55.7. The highest BCUT2D eigenvalue weighted by Crippen LogP contribution is 2.17. The zero-order valence-corrected chi connectivity index (χ0v) is 46.1. The van der Waals surface area contributed by atoms with Crippen LogP contribution in [0.15, 0.2) is 48.6 Å². The Morgan fingerprint density at radius 3 is 0.884 bits per heavy atom. The van der Waals surface area contributed by atoms with E-state index < -0.39 is 6.10 Å². The molecule has 0 rings (SSSR count). The van der Waals surface area contributed by atoms with Gasteiger partial charge < -0.3 is 14.2 Å². The summed E-state index contributed by atoms with van der Waals surface area (Å²) in [5.41, 5.74) is 0. The molecule has 0 aliphatic heterocycles. The van der Waals surface area contributed by atoms with Gasteiger partial charge in [-0.25, -0.2) is 0 Å². The highest BCUT2D eigenvalue weighted by Gasteiger charge is 2.19. The zero-order chi connectivity index (χ0) is 50.0. The number of hydrogen-bond acceptors (Lipinski definition) is 6. The van der Waals surface area contributed by atoms with Crippen molar-refractivity contribution in [2.45, 2.75) is 322 Å². The number of carbonyl (C=O) groups excluding carboxylic acids is 3. The van der Waals surface area contributed by atoms with Crippen LogP contribution in [0.25, 0.3) is 0 Å². The van der Waals surface area contributed by atoms with Gasteiger partial charge in [-0.2, -0.15) is 0 Å². The predicted octanol–water partition coefficient (Wildman–Crippen LogP) is 20.2. The van der Waals surface area contributed by atoms with Crippen LogP contribution in [-0.4, -0.2) is 37.2 Å². The monoisotopic (exact) mass is 967 g/mol. The second kappa shape index (κ2) is 57.9. The summed E-state index contributed by atoms with van der Waals surface area (Å²) in [6, 6.07) is 0. The van der Waals surface area contributed by atoms with Crippen LogP contribution >= 0.6 is 0 Å². The molecule has 0 saturated carbocycles. The van der Waals surface area contributed by atoms with Gasteiger partial charge >= 0.3 is 17.9 Å². The number of allylic oxidation sites excluding steroid dienone is 8. The lowest BCUT2D eigenvalue weighted by Crippen LogP contribution is -2.30. The van der Waals surface area contributed by atoms with Crippen molar-refractivity contribution in [3.8, 4) is 0 Å². The van der Waals surface area contributed by atoms with Crippen LogP contribution in [0.1, 0.15) is 316 Å². The third kappa shape index (κ3) is 56.2. The smallest absolute Gasteiger partial charge is 0.306 e. The first-order valence-corrected chi connectivity index (χ1v) is 30.1. The molecule has 0 amide bonds. The summed E-state index contributed by atoms with van der Waals surface area (Å²) in [5, 5.41) is 0. The molecule has 0 saturated heterocycles. The fourth-order valence-electron chi connectivity index (χ4n) is 8.85. The number of unbranched alkanes of at least 4 members (excludes halogenated alkanes) is 36. The maximum atomic E-state index is 12.8. The van der Waals surface area contributed by atoms with E-state index in [1.165, 1.54) is 193 Å². The quantitative estimate of drug-likeness (QED) is 0.0262. The molecule has 1 atom stereocenters. The molecule has 0 aliphatic rings. The van der Waals surface area contributed by atoms with E-state index in [2.05, 4.69) is 69.4 Å². The van der Waals surface area contributed by atoms with Gasteiger partial charge in [-0.05, 0) is 57.8 Å². The molecule has 0 radical (unpaired) electrons. The molecular formula is C63H114O6. The van der Waals surface area contributed by atoms with Crippen LogP contribution in [0.5, 0.6) is 0 Å². The van der Waals surface area contributed by atoms with Crippen molar-refractivity contribution < 1.29 is 28.6 Å². The molecule has 0 aromatic rings. The first-order chi connectivity index (χ1) is 34.0. The van der Waals surface area contributed by atoms with Gasteiger partial charge in [0.15, 0.2) is 6.10 Å². The minimum atomic E-state index is -0.765. The Hall–Kier alpha value is -2.63. The van der Waals surface area contributed by atoms with Crippen LogP contribution in [0.4, 0.5) is 0 Å². The van der Waals surface area contributed by atoms with Gasteiger partial charge in [-0.15, -0.1) is 0 Å². The van der Waals surface area contributed by atoms with Gasteiger partial charge in [-0.1, -0.05) is 288 Å². The van der Waals surface area contributed by atoms with Gasteiger partial charge in [0.25, 0.3) is 0 Å². The SMILES string of the molecule is CC/C=C\C/C=C\C/C=C\C/C=C\CCCCCCCCCCCCCCCCCCC(=O)OCC(COC(=O)CCCCCCCCC)OC(=O)CCCCCCCCCCCCCCCCC. The van der Waals surface area contributed by atoms with E-state index in [1.54, 1.807) is 0 Å². The summed E-state index contributed by atoms with van der Waals surface area (Å²) >= 11 is 0. The average Bonchev–Trinajstić information content (AvgIpc) is 3.35. The summed E-state index contributed by atoms with van der Waals surface area (Å²) in [5.74, 6) is -0.856. The lowest BCUT2D eigenvalue weighted by molar-refractivity contribution is -0.167. The molecule has 402 valence electrons. The Labute approximate surface area is 428 Å². The van der Waals surface area contributed by atoms with Crippen LogP contribution in [-0.2, 0) is 28.6 Å². The van der Waals surface area contributed by atoms with E-state index >= 15 is 0 Å². The van der Waals surface area contributed by atoms with Gasteiger partial charge in [0.2, 0.25) is 0 Å². The predicted molar refractivity (Wildman–Crippen MR) is 298 cm³/mol. The van der Waals surface area contributed by atoms with E-state index in [-0.39, 0.29) is 31.1 Å². The highest BCUT2D eigenvalue weighted by molar-refractivity contribution is 5.71. The standard InChI is InChI=1S/C63H114O6/c1-4-7-10-13-16-18-20-22-24-25-26-27-28-29-30-31-32-33-34-35-36-37-39-40-42-44-47-50-53-56-62(65)68-59-60(58-67-61(64)55-52-49-46-15-12-9-6-3)69-63(66)57-54-51-48-45-43-41-38-23-21-19-17-14-11-8-5-2/h7,10,16,18,22,24,26-27,60H,4-6,8-9,11-15,17,19-21,23,25,28-59H2,1-3H3/b10-7-,18-16-,24-22-,27-26-. The molecule has 0 aromatic carbocycles. The summed E-state index contributed by atoms with van der Waals surface area (Å²) in [6.45, 7) is 6.52. The van der Waals surface area contributed by atoms with Gasteiger partial charge in [0.05, 0.1) is 0 Å². The lowest BCUT2D eigenvalue weighted by atomic mass is 10.0. The Balaban J connectivity index is 4.04. The summed E-state index contributed by atoms with van der Waals surface area (Å²) < 4.78 is 16.8. The second-order valence-corrected chi connectivity index (χ2v) is 20.2. The second-order valence-electron chi connectivity index (χ2n) is 20.2. The first-order valence-electron chi connectivity index (χ1n) is 30.1. The van der Waals surface area contributed by atoms with Crippen molar-refractivity contribution in [3.05, 3.63) is 48.6 Å². The van der Waals surface area contributed by atoms with Crippen molar-refractivity contribution in [2.75, 3.05) is 13.2 Å². The fourth-order valence-corrected chi connectivity index (χ4v) is 8.85. The topological polar surface area (TPSA) is 78.9 Å². The number of rotatable bonds is 55. The molecule has 69 heavy (non-hydrogen) atoms. The number of carbonyl (C=O) groups is 3. The van der Waals surface area contributed by atoms with Crippen molar-refractivity contribution in [1.82, 2.24) is 0 Å². The van der Waals surface area contributed by atoms with Crippen LogP contribution < -0.4 is 0 Å². The van der Waals surface area contributed by atoms with E-state index in [9.17, 15) is 14.4 Å². The lowest BCUT2D eigenvalue weighted by Gasteiger charge is -2.18. The molecule has 6 heteroatoms. The molecule has 0 fully saturated rings. The molecule has 0 spiro atoms. The largest absolute Gasteiger partial charge is 0.462 e. The third-order valence-corrected chi connectivity index (χ3v) is 13.3. The summed E-state index contributed by atoms with van der Waals surface area (Å²) in [4.78, 5) is 37.9. The third-order valence-electron chi connectivity index (χ3n) is 13.3. The molecule has 0 heterocycles. The normalized spacial score (nSPS) is 12.3. The molecule has 0 bridgehead atoms. The van der Waals surface area contributed by atoms with Crippen LogP contribution in [0.3, 0.4) is 0 Å². The van der Waals surface area contributed by atoms with Gasteiger partial charge in [-0.3, -0.25) is 14.4 Å². The number of esters is 3. The van der Waals surface area contributed by atoms with Crippen LogP contribution in [0, 0.1) is 0 Å². The first kappa shape index (κ1) is 66.4. The molecule has 0 aromatic heterocycles. The highest BCUT2D eigenvalue weighted by atomic mass is 16.6. The van der Waals surface area contributed by atoms with Gasteiger partial charge in [0, 0.05) is 19.3 Å². The summed E-state index contributed by atoms with van der Waals surface area (Å²) in [6.07, 6.45) is 71.4. The fraction of sp³-hybridized carbons (Fsp3) is 0.825. The summed E-state index contributed by atoms with van der Waals surface area (Å²) in [7, 11) is 0. The minimum Gasteiger partial charge on any atom is -0.462 e. The Morgan fingerprint density at radius 2 is 0.565 bits per heavy atom. The molecule has 1 unspecified atom stereocenters. The Bertz CT molecular complexity index is 1200. The van der Waals surface area contributed by atoms with Gasteiger partial charge in [0.1, 0.15) is 13.2 Å². The van der Waals surface area contributed by atoms with Crippen molar-refractivity contribution >= 4 is 17.9 Å². The van der Waals surface area contributed by atoms with Crippen molar-refractivity contribution in [2.24, 2.45) is 0 Å². The molecule has 0 aliphatic carbocycles. The minimum absolute atomic E-state index is 0.0676. The van der Waals surface area contributed by atoms with Crippen molar-refractivity contribution in [3.63, 3.8) is 0 Å². The Morgan fingerprint density at radius 1 is 0.304 bits per heavy atom. The van der Waals surface area contributed by atoms with Crippen molar-refractivity contribution in [1.29, 1.82) is 0 Å². The number of hydrogen-bond donors (Lipinski definition) is 0. The van der Waals surface area contributed by atoms with E-state index in [0.29, 0.717) is 19.3 Å².